The van der Waals surface area contributed by atoms with Crippen molar-refractivity contribution in [3.63, 3.8) is 0 Å². The zero-order valence-corrected chi connectivity index (χ0v) is 16.7. The summed E-state index contributed by atoms with van der Waals surface area (Å²) in [6.45, 7) is 2.78. The third kappa shape index (κ3) is 4.57. The van der Waals surface area contributed by atoms with Crippen LogP contribution in [-0.2, 0) is 4.79 Å². The minimum Gasteiger partial charge on any atom is -0.493 e. The van der Waals surface area contributed by atoms with Gasteiger partial charge in [0.15, 0.2) is 17.3 Å². The minimum atomic E-state index is -0.879. The molecule has 0 aliphatic carbocycles. The summed E-state index contributed by atoms with van der Waals surface area (Å²) >= 11 is 0. The smallest absolute Gasteiger partial charge is 0.255 e. The molecule has 0 radical (unpaired) electrons. The summed E-state index contributed by atoms with van der Waals surface area (Å²) in [5, 5.41) is 2.43. The van der Waals surface area contributed by atoms with Gasteiger partial charge < -0.3 is 24.4 Å². The number of methoxy groups -OCH3 is 3. The third-order valence-corrected chi connectivity index (χ3v) is 4.03. The van der Waals surface area contributed by atoms with Gasteiger partial charge >= 0.3 is 0 Å². The summed E-state index contributed by atoms with van der Waals surface area (Å²) in [6, 6.07) is 3.32. The van der Waals surface area contributed by atoms with Crippen molar-refractivity contribution in [3.05, 3.63) is 40.7 Å². The molecule has 0 saturated heterocycles. The van der Waals surface area contributed by atoms with Crippen molar-refractivity contribution in [2.24, 2.45) is 5.73 Å². The molecule has 0 saturated carbocycles. The maximum absolute atomic E-state index is 12.3. The molecule has 154 valence electrons. The predicted octanol–water partition coefficient (Wildman–Crippen LogP) is 2.57. The Labute approximate surface area is 167 Å². The van der Waals surface area contributed by atoms with E-state index in [2.05, 4.69) is 5.32 Å². The van der Waals surface area contributed by atoms with Crippen LogP contribution in [0.15, 0.2) is 22.6 Å². The number of ether oxygens (including phenoxy) is 3. The summed E-state index contributed by atoms with van der Waals surface area (Å²) in [7, 11) is 4.45. The van der Waals surface area contributed by atoms with E-state index in [1.54, 1.807) is 12.1 Å². The lowest BCUT2D eigenvalue weighted by molar-refractivity contribution is -0.111. The summed E-state index contributed by atoms with van der Waals surface area (Å²) in [4.78, 5) is 35.8. The lowest BCUT2D eigenvalue weighted by atomic mass is 10.1. The first-order valence-corrected chi connectivity index (χ1v) is 8.46. The molecule has 2 aromatic rings. The fourth-order valence-corrected chi connectivity index (χ4v) is 2.81. The van der Waals surface area contributed by atoms with Crippen LogP contribution >= 0.6 is 0 Å². The van der Waals surface area contributed by atoms with Crippen LogP contribution in [0.25, 0.3) is 6.08 Å². The number of nitrogens with one attached hydrogen (secondary N) is 1. The standard InChI is InChI=1S/C20H22N2O7/c1-10(23)16-11(2)29-20(17(16)19(21)25)22-15(24)7-6-12-8-13(26-3)18(28-5)14(9-12)27-4/h6-9H,1-5H3,(H2,21,25)(H,22,24)/b7-6+. The minimum absolute atomic E-state index is 0.0430. The fraction of sp³-hybridized carbons (Fsp3) is 0.250. The molecule has 9 nitrogen and oxygen atoms in total. The number of carbonyl (C=O) groups is 3. The van der Waals surface area contributed by atoms with Gasteiger partial charge in [0, 0.05) is 6.08 Å². The van der Waals surface area contributed by atoms with Crippen LogP contribution in [-0.4, -0.2) is 38.9 Å². The van der Waals surface area contributed by atoms with Crippen molar-refractivity contribution >= 4 is 29.6 Å². The van der Waals surface area contributed by atoms with E-state index < -0.39 is 17.6 Å². The van der Waals surface area contributed by atoms with E-state index in [1.807, 2.05) is 0 Å². The van der Waals surface area contributed by atoms with Gasteiger partial charge in [0.05, 0.1) is 26.9 Å². The monoisotopic (exact) mass is 402 g/mol. The number of ketones is 1. The quantitative estimate of drug-likeness (QED) is 0.512. The Bertz CT molecular complexity index is 964. The second-order valence-electron chi connectivity index (χ2n) is 5.94. The summed E-state index contributed by atoms with van der Waals surface area (Å²) < 4.78 is 21.1. The normalized spacial score (nSPS) is 10.7. The van der Waals surface area contributed by atoms with Crippen LogP contribution in [0.3, 0.4) is 0 Å². The Morgan fingerprint density at radius 3 is 2.07 bits per heavy atom. The summed E-state index contributed by atoms with van der Waals surface area (Å²) in [5.41, 5.74) is 5.82. The molecule has 0 aliphatic rings. The molecule has 0 spiro atoms. The second kappa shape index (κ2) is 8.96. The van der Waals surface area contributed by atoms with Crippen LogP contribution < -0.4 is 25.3 Å². The van der Waals surface area contributed by atoms with Gasteiger partial charge in [-0.15, -0.1) is 0 Å². The molecule has 1 heterocycles. The number of hydrogen-bond donors (Lipinski definition) is 2. The number of nitrogens with two attached hydrogens (primary N) is 1. The van der Waals surface area contributed by atoms with Crippen molar-refractivity contribution in [2.45, 2.75) is 13.8 Å². The van der Waals surface area contributed by atoms with E-state index in [-0.39, 0.29) is 22.8 Å². The molecule has 3 N–H and O–H groups in total. The number of furan rings is 1. The number of Topliss-reactive ketones (excluding diaryl/α,β-unsaturated/α-hetero) is 1. The van der Waals surface area contributed by atoms with Gasteiger partial charge in [0.25, 0.3) is 11.8 Å². The van der Waals surface area contributed by atoms with Crippen molar-refractivity contribution < 1.29 is 33.0 Å². The predicted molar refractivity (Wildman–Crippen MR) is 106 cm³/mol. The van der Waals surface area contributed by atoms with Crippen LogP contribution in [0.4, 0.5) is 5.88 Å². The molecular weight excluding hydrogens is 380 g/mol. The Balaban J connectivity index is 2.31. The maximum Gasteiger partial charge on any atom is 0.255 e. The first kappa shape index (κ1) is 21.5. The lowest BCUT2D eigenvalue weighted by Gasteiger charge is -2.12. The fourth-order valence-electron chi connectivity index (χ4n) is 2.81. The second-order valence-corrected chi connectivity index (χ2v) is 5.94. The molecule has 0 fully saturated rings. The van der Waals surface area contributed by atoms with Gasteiger partial charge in [0.2, 0.25) is 11.6 Å². The topological polar surface area (TPSA) is 130 Å². The van der Waals surface area contributed by atoms with Crippen LogP contribution in [0, 0.1) is 6.92 Å². The highest BCUT2D eigenvalue weighted by molar-refractivity contribution is 6.13. The Hall–Kier alpha value is -3.75. The molecule has 0 atom stereocenters. The van der Waals surface area contributed by atoms with E-state index in [1.165, 1.54) is 47.3 Å². The lowest BCUT2D eigenvalue weighted by Crippen LogP contribution is -2.18. The van der Waals surface area contributed by atoms with Crippen molar-refractivity contribution in [1.29, 1.82) is 0 Å². The zero-order valence-electron chi connectivity index (χ0n) is 16.7. The number of rotatable bonds is 8. The van der Waals surface area contributed by atoms with Crippen LogP contribution in [0.5, 0.6) is 17.2 Å². The molecule has 2 rings (SSSR count). The molecular formula is C20H22N2O7. The van der Waals surface area contributed by atoms with E-state index in [0.717, 1.165) is 0 Å². The van der Waals surface area contributed by atoms with Crippen LogP contribution in [0.2, 0.25) is 0 Å². The highest BCUT2D eigenvalue weighted by Gasteiger charge is 2.25. The molecule has 0 unspecified atom stereocenters. The Morgan fingerprint density at radius 1 is 1.03 bits per heavy atom. The summed E-state index contributed by atoms with van der Waals surface area (Å²) in [5.74, 6) is -0.582. The largest absolute Gasteiger partial charge is 0.493 e. The zero-order chi connectivity index (χ0) is 21.7. The SMILES string of the molecule is COc1cc(/C=C/C(=O)Nc2oc(C)c(C(C)=O)c2C(N)=O)cc(OC)c1OC. The molecule has 0 aliphatic heterocycles. The first-order chi connectivity index (χ1) is 13.7. The van der Waals surface area contributed by atoms with Gasteiger partial charge in [-0.3, -0.25) is 19.7 Å². The molecule has 1 aromatic heterocycles. The molecule has 9 heteroatoms. The highest BCUT2D eigenvalue weighted by atomic mass is 16.5. The van der Waals surface area contributed by atoms with Crippen LogP contribution in [0.1, 0.15) is 39.0 Å². The number of carbonyl (C=O) groups excluding carboxylic acids is 3. The number of anilines is 1. The average molecular weight is 402 g/mol. The Kier molecular flexibility index (Phi) is 6.66. The van der Waals surface area contributed by atoms with Gasteiger partial charge in [-0.2, -0.15) is 0 Å². The molecule has 0 bridgehead atoms. The highest BCUT2D eigenvalue weighted by Crippen LogP contribution is 2.38. The molecule has 29 heavy (non-hydrogen) atoms. The number of aryl methyl sites for hydroxylation is 1. The third-order valence-electron chi connectivity index (χ3n) is 4.03. The van der Waals surface area contributed by atoms with Crippen molar-refractivity contribution in [2.75, 3.05) is 26.6 Å². The molecule has 1 aromatic carbocycles. The molecule has 2 amide bonds. The van der Waals surface area contributed by atoms with Gasteiger partial charge in [-0.25, -0.2) is 0 Å². The number of amides is 2. The van der Waals surface area contributed by atoms with E-state index in [4.69, 9.17) is 24.4 Å². The van der Waals surface area contributed by atoms with Crippen molar-refractivity contribution in [3.8, 4) is 17.2 Å². The number of primary amides is 1. The Morgan fingerprint density at radius 2 is 1.62 bits per heavy atom. The van der Waals surface area contributed by atoms with Gasteiger partial charge in [-0.1, -0.05) is 0 Å². The first-order valence-electron chi connectivity index (χ1n) is 8.46. The van der Waals surface area contributed by atoms with E-state index in [0.29, 0.717) is 22.8 Å². The number of benzene rings is 1. The van der Waals surface area contributed by atoms with Gasteiger partial charge in [-0.05, 0) is 37.6 Å². The van der Waals surface area contributed by atoms with E-state index in [9.17, 15) is 14.4 Å². The summed E-state index contributed by atoms with van der Waals surface area (Å²) in [6.07, 6.45) is 2.72. The number of hydrogen-bond acceptors (Lipinski definition) is 7. The van der Waals surface area contributed by atoms with Crippen molar-refractivity contribution in [1.82, 2.24) is 0 Å². The van der Waals surface area contributed by atoms with E-state index >= 15 is 0 Å². The maximum atomic E-state index is 12.3. The van der Waals surface area contributed by atoms with Gasteiger partial charge in [0.1, 0.15) is 11.3 Å². The average Bonchev–Trinajstić information content (AvgIpc) is 3.01.